The van der Waals surface area contributed by atoms with Gasteiger partial charge in [-0.15, -0.1) is 0 Å². The largest absolute Gasteiger partial charge is 0.493 e. The number of carboxylic acids is 1. The molecule has 0 aliphatic heterocycles. The summed E-state index contributed by atoms with van der Waals surface area (Å²) in [7, 11) is 1.61. The van der Waals surface area contributed by atoms with Crippen LogP contribution in [0, 0.1) is 5.92 Å². The molecule has 0 aromatic heterocycles. The van der Waals surface area contributed by atoms with E-state index in [1.807, 2.05) is 24.3 Å². The lowest BCUT2D eigenvalue weighted by molar-refractivity contribution is -0.139. The van der Waals surface area contributed by atoms with Gasteiger partial charge in [0.1, 0.15) is 6.10 Å². The Morgan fingerprint density at radius 2 is 1.95 bits per heavy atom. The Morgan fingerprint density at radius 3 is 2.63 bits per heavy atom. The van der Waals surface area contributed by atoms with E-state index in [1.165, 1.54) is 0 Å². The Balaban J connectivity index is 2.08. The summed E-state index contributed by atoms with van der Waals surface area (Å²) >= 11 is 0. The Morgan fingerprint density at radius 1 is 1.26 bits per heavy atom. The molecule has 2 rings (SSSR count). The van der Waals surface area contributed by atoms with Gasteiger partial charge in [-0.25, -0.2) is 0 Å². The topological polar surface area (TPSA) is 55.8 Å². The van der Waals surface area contributed by atoms with Crippen molar-refractivity contribution in [3.8, 4) is 11.5 Å². The van der Waals surface area contributed by atoms with Gasteiger partial charge in [-0.05, 0) is 31.4 Å². The Labute approximate surface area is 113 Å². The first-order chi connectivity index (χ1) is 9.20. The highest BCUT2D eigenvalue weighted by Gasteiger charge is 2.29. The van der Waals surface area contributed by atoms with E-state index in [0.29, 0.717) is 11.5 Å². The number of para-hydroxylation sites is 2. The highest BCUT2D eigenvalue weighted by molar-refractivity contribution is 5.67. The summed E-state index contributed by atoms with van der Waals surface area (Å²) < 4.78 is 11.3. The van der Waals surface area contributed by atoms with Crippen molar-refractivity contribution in [2.24, 2.45) is 5.92 Å². The lowest BCUT2D eigenvalue weighted by atomic mass is 9.84. The minimum atomic E-state index is -0.750. The normalized spacial score (nSPS) is 22.8. The lowest BCUT2D eigenvalue weighted by Gasteiger charge is -2.31. The van der Waals surface area contributed by atoms with E-state index < -0.39 is 5.97 Å². The van der Waals surface area contributed by atoms with Crippen LogP contribution in [-0.2, 0) is 4.79 Å². The molecular weight excluding hydrogens is 244 g/mol. The van der Waals surface area contributed by atoms with Gasteiger partial charge in [0.05, 0.1) is 13.5 Å². The Bertz CT molecular complexity index is 430. The van der Waals surface area contributed by atoms with E-state index in [1.54, 1.807) is 7.11 Å². The minimum Gasteiger partial charge on any atom is -0.493 e. The number of hydrogen-bond donors (Lipinski definition) is 1. The number of carboxylic acid groups (broad SMARTS) is 1. The second-order valence-electron chi connectivity index (χ2n) is 4.95. The summed E-state index contributed by atoms with van der Waals surface area (Å²) in [6.07, 6.45) is 4.17. The number of carbonyl (C=O) groups is 1. The maximum Gasteiger partial charge on any atom is 0.303 e. The quantitative estimate of drug-likeness (QED) is 0.887. The molecule has 0 bridgehead atoms. The van der Waals surface area contributed by atoms with Crippen molar-refractivity contribution in [2.75, 3.05) is 7.11 Å². The molecular formula is C15H20O4. The summed E-state index contributed by atoms with van der Waals surface area (Å²) in [5.41, 5.74) is 0. The third-order valence-corrected chi connectivity index (χ3v) is 3.62. The fraction of sp³-hybridized carbons (Fsp3) is 0.533. The maximum atomic E-state index is 10.9. The number of aliphatic carboxylic acids is 1. The zero-order chi connectivity index (χ0) is 13.7. The molecule has 1 saturated carbocycles. The predicted molar refractivity (Wildman–Crippen MR) is 71.6 cm³/mol. The molecule has 4 heteroatoms. The van der Waals surface area contributed by atoms with Gasteiger partial charge in [0.25, 0.3) is 0 Å². The number of hydrogen-bond acceptors (Lipinski definition) is 3. The highest BCUT2D eigenvalue weighted by Crippen LogP contribution is 2.34. The lowest BCUT2D eigenvalue weighted by Crippen LogP contribution is -2.32. The van der Waals surface area contributed by atoms with Gasteiger partial charge in [0.15, 0.2) is 11.5 Å². The summed E-state index contributed by atoms with van der Waals surface area (Å²) in [5, 5.41) is 8.97. The molecule has 2 unspecified atom stereocenters. The van der Waals surface area contributed by atoms with Crippen LogP contribution in [0.15, 0.2) is 24.3 Å². The summed E-state index contributed by atoms with van der Waals surface area (Å²) in [4.78, 5) is 10.9. The third-order valence-electron chi connectivity index (χ3n) is 3.62. The molecule has 19 heavy (non-hydrogen) atoms. The summed E-state index contributed by atoms with van der Waals surface area (Å²) in [5.74, 6) is 0.742. The molecule has 0 saturated heterocycles. The van der Waals surface area contributed by atoms with Crippen molar-refractivity contribution < 1.29 is 19.4 Å². The molecule has 104 valence electrons. The molecule has 1 fully saturated rings. The first-order valence-electron chi connectivity index (χ1n) is 6.72. The average Bonchev–Trinajstić information content (AvgIpc) is 2.41. The standard InChI is InChI=1S/C15H20O4/c1-18-13-8-4-5-9-14(13)19-12-7-3-2-6-11(12)10-15(16)17/h4-5,8-9,11-12H,2-3,6-7,10H2,1H3,(H,16,17). The van der Waals surface area contributed by atoms with Gasteiger partial charge in [-0.2, -0.15) is 0 Å². The van der Waals surface area contributed by atoms with Gasteiger partial charge >= 0.3 is 5.97 Å². The van der Waals surface area contributed by atoms with Crippen LogP contribution >= 0.6 is 0 Å². The predicted octanol–water partition coefficient (Wildman–Crippen LogP) is 3.11. The number of methoxy groups -OCH3 is 1. The highest BCUT2D eigenvalue weighted by atomic mass is 16.5. The molecule has 1 aromatic carbocycles. The summed E-state index contributed by atoms with van der Waals surface area (Å²) in [6.45, 7) is 0. The molecule has 0 amide bonds. The molecule has 1 aliphatic rings. The van der Waals surface area contributed by atoms with E-state index in [2.05, 4.69) is 0 Å². The van der Waals surface area contributed by atoms with Crippen molar-refractivity contribution in [2.45, 2.75) is 38.2 Å². The molecule has 0 heterocycles. The second-order valence-corrected chi connectivity index (χ2v) is 4.95. The van der Waals surface area contributed by atoms with Crippen LogP contribution < -0.4 is 9.47 Å². The van der Waals surface area contributed by atoms with Gasteiger partial charge in [-0.3, -0.25) is 4.79 Å². The third kappa shape index (κ3) is 3.63. The van der Waals surface area contributed by atoms with Crippen LogP contribution in [0.1, 0.15) is 32.1 Å². The van der Waals surface area contributed by atoms with Crippen LogP contribution in [0.5, 0.6) is 11.5 Å². The zero-order valence-electron chi connectivity index (χ0n) is 11.2. The van der Waals surface area contributed by atoms with Gasteiger partial charge in [-0.1, -0.05) is 18.6 Å². The molecule has 0 radical (unpaired) electrons. The van der Waals surface area contributed by atoms with Gasteiger partial charge in [0, 0.05) is 5.92 Å². The van der Waals surface area contributed by atoms with Gasteiger partial charge in [0.2, 0.25) is 0 Å². The average molecular weight is 264 g/mol. The zero-order valence-corrected chi connectivity index (χ0v) is 11.2. The first kappa shape index (κ1) is 13.7. The second kappa shape index (κ2) is 6.45. The molecule has 1 N–H and O–H groups in total. The minimum absolute atomic E-state index is 0.0267. The van der Waals surface area contributed by atoms with E-state index in [0.717, 1.165) is 25.7 Å². The van der Waals surface area contributed by atoms with Crippen molar-refractivity contribution in [3.63, 3.8) is 0 Å². The van der Waals surface area contributed by atoms with Crippen molar-refractivity contribution in [1.82, 2.24) is 0 Å². The fourth-order valence-electron chi connectivity index (χ4n) is 2.67. The van der Waals surface area contributed by atoms with Crippen molar-refractivity contribution in [1.29, 1.82) is 0 Å². The Kier molecular flexibility index (Phi) is 4.66. The molecule has 4 nitrogen and oxygen atoms in total. The van der Waals surface area contributed by atoms with Crippen molar-refractivity contribution in [3.05, 3.63) is 24.3 Å². The molecule has 1 aromatic rings. The number of benzene rings is 1. The van der Waals surface area contributed by atoms with Gasteiger partial charge < -0.3 is 14.6 Å². The molecule has 2 atom stereocenters. The molecule has 0 spiro atoms. The summed E-state index contributed by atoms with van der Waals surface area (Å²) in [6, 6.07) is 7.50. The van der Waals surface area contributed by atoms with E-state index in [4.69, 9.17) is 14.6 Å². The SMILES string of the molecule is COc1ccccc1OC1CCCCC1CC(=O)O. The monoisotopic (exact) mass is 264 g/mol. The van der Waals surface area contributed by atoms with Crippen LogP contribution in [0.4, 0.5) is 0 Å². The smallest absolute Gasteiger partial charge is 0.303 e. The molecule has 1 aliphatic carbocycles. The van der Waals surface area contributed by atoms with E-state index >= 15 is 0 Å². The van der Waals surface area contributed by atoms with E-state index in [9.17, 15) is 4.79 Å². The Hall–Kier alpha value is -1.71. The van der Waals surface area contributed by atoms with Crippen LogP contribution in [0.2, 0.25) is 0 Å². The maximum absolute atomic E-state index is 10.9. The van der Waals surface area contributed by atoms with Crippen LogP contribution in [0.3, 0.4) is 0 Å². The fourth-order valence-corrected chi connectivity index (χ4v) is 2.67. The number of ether oxygens (including phenoxy) is 2. The van der Waals surface area contributed by atoms with Crippen LogP contribution in [0.25, 0.3) is 0 Å². The first-order valence-corrected chi connectivity index (χ1v) is 6.72. The van der Waals surface area contributed by atoms with E-state index in [-0.39, 0.29) is 18.4 Å². The van der Waals surface area contributed by atoms with Crippen molar-refractivity contribution >= 4 is 5.97 Å². The number of rotatable bonds is 5. The van der Waals surface area contributed by atoms with Crippen LogP contribution in [-0.4, -0.2) is 24.3 Å².